The molecule has 1 unspecified atom stereocenters. The summed E-state index contributed by atoms with van der Waals surface area (Å²) in [5.41, 5.74) is 2.94. The fourth-order valence-electron chi connectivity index (χ4n) is 4.03. The SMILES string of the molecule is c1ccc2c(c1)CCCC2c1nc(C2CCCCC2)n[nH]1. The minimum atomic E-state index is 0.416. The lowest BCUT2D eigenvalue weighted by Gasteiger charge is -2.23. The molecule has 1 saturated carbocycles. The number of H-pyrrole nitrogens is 1. The predicted molar refractivity (Wildman–Crippen MR) is 83.4 cm³/mol. The first kappa shape index (κ1) is 13.1. The Morgan fingerprint density at radius 3 is 2.71 bits per heavy atom. The van der Waals surface area contributed by atoms with Gasteiger partial charge in [-0.1, -0.05) is 43.5 Å². The lowest BCUT2D eigenvalue weighted by atomic mass is 9.82. The Morgan fingerprint density at radius 1 is 0.952 bits per heavy atom. The van der Waals surface area contributed by atoms with Crippen molar-refractivity contribution in [2.45, 2.75) is 63.2 Å². The van der Waals surface area contributed by atoms with E-state index in [0.29, 0.717) is 11.8 Å². The molecule has 1 aromatic heterocycles. The molecule has 0 spiro atoms. The summed E-state index contributed by atoms with van der Waals surface area (Å²) in [7, 11) is 0. The highest BCUT2D eigenvalue weighted by molar-refractivity contribution is 5.36. The van der Waals surface area contributed by atoms with Crippen molar-refractivity contribution in [3.05, 3.63) is 47.0 Å². The molecule has 1 atom stereocenters. The number of hydrogen-bond donors (Lipinski definition) is 1. The van der Waals surface area contributed by atoms with E-state index in [2.05, 4.69) is 34.5 Å². The number of nitrogens with zero attached hydrogens (tertiary/aromatic N) is 2. The molecule has 0 amide bonds. The van der Waals surface area contributed by atoms with Crippen LogP contribution in [-0.4, -0.2) is 15.2 Å². The van der Waals surface area contributed by atoms with Crippen LogP contribution in [0.15, 0.2) is 24.3 Å². The van der Waals surface area contributed by atoms with Crippen LogP contribution in [-0.2, 0) is 6.42 Å². The van der Waals surface area contributed by atoms with E-state index in [4.69, 9.17) is 4.98 Å². The second kappa shape index (κ2) is 5.63. The molecule has 0 bridgehead atoms. The van der Waals surface area contributed by atoms with Crippen molar-refractivity contribution in [2.75, 3.05) is 0 Å². The average Bonchev–Trinajstić information content (AvgIpc) is 3.05. The molecular weight excluding hydrogens is 258 g/mol. The van der Waals surface area contributed by atoms with Gasteiger partial charge in [0.15, 0.2) is 5.82 Å². The summed E-state index contributed by atoms with van der Waals surface area (Å²) in [4.78, 5) is 4.89. The van der Waals surface area contributed by atoms with Crippen LogP contribution in [0, 0.1) is 0 Å². The topological polar surface area (TPSA) is 41.6 Å². The normalized spacial score (nSPS) is 23.0. The van der Waals surface area contributed by atoms with Gasteiger partial charge in [-0.2, -0.15) is 5.10 Å². The largest absolute Gasteiger partial charge is 0.263 e. The summed E-state index contributed by atoms with van der Waals surface area (Å²) in [6.07, 6.45) is 10.2. The quantitative estimate of drug-likeness (QED) is 0.890. The molecule has 2 aliphatic rings. The Balaban J connectivity index is 1.61. The maximum atomic E-state index is 4.89. The number of rotatable bonds is 2. The molecular formula is C18H23N3. The van der Waals surface area contributed by atoms with E-state index >= 15 is 0 Å². The molecule has 21 heavy (non-hydrogen) atoms. The van der Waals surface area contributed by atoms with Crippen molar-refractivity contribution < 1.29 is 0 Å². The second-order valence-corrected chi connectivity index (χ2v) is 6.56. The number of nitrogens with one attached hydrogen (secondary N) is 1. The summed E-state index contributed by atoms with van der Waals surface area (Å²) in [5.74, 6) is 3.15. The fourth-order valence-corrected chi connectivity index (χ4v) is 4.03. The van der Waals surface area contributed by atoms with Gasteiger partial charge in [0.05, 0.1) is 0 Å². The molecule has 1 aromatic carbocycles. The van der Waals surface area contributed by atoms with Crippen LogP contribution in [0.1, 0.15) is 79.6 Å². The molecule has 4 rings (SSSR count). The van der Waals surface area contributed by atoms with Gasteiger partial charge in [-0.3, -0.25) is 5.10 Å². The molecule has 3 nitrogen and oxygen atoms in total. The van der Waals surface area contributed by atoms with E-state index in [1.165, 1.54) is 62.5 Å². The molecule has 2 aliphatic carbocycles. The molecule has 1 fully saturated rings. The smallest absolute Gasteiger partial charge is 0.153 e. The van der Waals surface area contributed by atoms with E-state index in [9.17, 15) is 0 Å². The first-order valence-corrected chi connectivity index (χ1v) is 8.42. The van der Waals surface area contributed by atoms with E-state index in [1.807, 2.05) is 0 Å². The highest BCUT2D eigenvalue weighted by Gasteiger charge is 2.26. The highest BCUT2D eigenvalue weighted by atomic mass is 15.2. The van der Waals surface area contributed by atoms with Gasteiger partial charge in [-0.15, -0.1) is 0 Å². The zero-order valence-electron chi connectivity index (χ0n) is 12.5. The molecule has 0 saturated heterocycles. The third-order valence-electron chi connectivity index (χ3n) is 5.19. The number of aromatic nitrogens is 3. The minimum absolute atomic E-state index is 0.416. The van der Waals surface area contributed by atoms with Gasteiger partial charge < -0.3 is 0 Å². The molecule has 3 heteroatoms. The van der Waals surface area contributed by atoms with Crippen LogP contribution in [0.5, 0.6) is 0 Å². The predicted octanol–water partition coefficient (Wildman–Crippen LogP) is 4.32. The zero-order chi connectivity index (χ0) is 14.1. The van der Waals surface area contributed by atoms with Crippen molar-refractivity contribution in [1.29, 1.82) is 0 Å². The Hall–Kier alpha value is -1.64. The van der Waals surface area contributed by atoms with E-state index in [-0.39, 0.29) is 0 Å². The summed E-state index contributed by atoms with van der Waals surface area (Å²) < 4.78 is 0. The first-order chi connectivity index (χ1) is 10.4. The molecule has 0 aliphatic heterocycles. The van der Waals surface area contributed by atoms with Gasteiger partial charge in [0, 0.05) is 11.8 Å². The molecule has 0 radical (unpaired) electrons. The highest BCUT2D eigenvalue weighted by Crippen LogP contribution is 2.36. The van der Waals surface area contributed by atoms with Gasteiger partial charge in [0.1, 0.15) is 5.82 Å². The summed E-state index contributed by atoms with van der Waals surface area (Å²) in [6, 6.07) is 8.83. The van der Waals surface area contributed by atoms with Crippen molar-refractivity contribution in [3.63, 3.8) is 0 Å². The van der Waals surface area contributed by atoms with Crippen LogP contribution < -0.4 is 0 Å². The van der Waals surface area contributed by atoms with Crippen molar-refractivity contribution in [3.8, 4) is 0 Å². The number of aromatic amines is 1. The molecule has 1 heterocycles. The maximum absolute atomic E-state index is 4.89. The van der Waals surface area contributed by atoms with Crippen LogP contribution >= 0.6 is 0 Å². The first-order valence-electron chi connectivity index (χ1n) is 8.42. The Bertz CT molecular complexity index is 610. The maximum Gasteiger partial charge on any atom is 0.153 e. The Morgan fingerprint density at radius 2 is 1.81 bits per heavy atom. The molecule has 2 aromatic rings. The van der Waals surface area contributed by atoms with Crippen molar-refractivity contribution in [2.24, 2.45) is 0 Å². The minimum Gasteiger partial charge on any atom is -0.263 e. The van der Waals surface area contributed by atoms with Crippen LogP contribution in [0.25, 0.3) is 0 Å². The van der Waals surface area contributed by atoms with Crippen LogP contribution in [0.3, 0.4) is 0 Å². The van der Waals surface area contributed by atoms with E-state index in [1.54, 1.807) is 0 Å². The standard InChI is InChI=1S/C18H23N3/c1-2-8-14(9-3-1)17-19-18(21-20-17)16-12-6-10-13-7-4-5-11-15(13)16/h4-5,7,11,14,16H,1-3,6,8-10,12H2,(H,19,20,21). The molecule has 1 N–H and O–H groups in total. The second-order valence-electron chi connectivity index (χ2n) is 6.56. The van der Waals surface area contributed by atoms with Crippen LogP contribution in [0.2, 0.25) is 0 Å². The average molecular weight is 281 g/mol. The van der Waals surface area contributed by atoms with Gasteiger partial charge in [-0.05, 0) is 43.2 Å². The van der Waals surface area contributed by atoms with Gasteiger partial charge in [0.25, 0.3) is 0 Å². The van der Waals surface area contributed by atoms with Crippen LogP contribution in [0.4, 0.5) is 0 Å². The Kier molecular flexibility index (Phi) is 3.50. The number of benzene rings is 1. The number of aryl methyl sites for hydroxylation is 1. The summed E-state index contributed by atoms with van der Waals surface area (Å²) >= 11 is 0. The Labute approximate surface area is 126 Å². The zero-order valence-corrected chi connectivity index (χ0v) is 12.5. The fraction of sp³-hybridized carbons (Fsp3) is 0.556. The number of hydrogen-bond acceptors (Lipinski definition) is 2. The third-order valence-corrected chi connectivity index (χ3v) is 5.19. The third kappa shape index (κ3) is 2.50. The summed E-state index contributed by atoms with van der Waals surface area (Å²) in [5, 5.41) is 7.80. The van der Waals surface area contributed by atoms with Gasteiger partial charge in [-0.25, -0.2) is 4.98 Å². The van der Waals surface area contributed by atoms with E-state index < -0.39 is 0 Å². The lowest BCUT2D eigenvalue weighted by molar-refractivity contribution is 0.429. The van der Waals surface area contributed by atoms with Gasteiger partial charge in [0.2, 0.25) is 0 Å². The number of fused-ring (bicyclic) bond motifs is 1. The molecule has 110 valence electrons. The lowest BCUT2D eigenvalue weighted by Crippen LogP contribution is -2.12. The van der Waals surface area contributed by atoms with Crippen molar-refractivity contribution >= 4 is 0 Å². The monoisotopic (exact) mass is 281 g/mol. The summed E-state index contributed by atoms with van der Waals surface area (Å²) in [6.45, 7) is 0. The van der Waals surface area contributed by atoms with Crippen molar-refractivity contribution in [1.82, 2.24) is 15.2 Å². The van der Waals surface area contributed by atoms with Gasteiger partial charge >= 0.3 is 0 Å². The van der Waals surface area contributed by atoms with E-state index in [0.717, 1.165) is 11.6 Å².